The number of benzene rings is 8. The third-order valence-electron chi connectivity index (χ3n) is 10.5. The first-order valence-corrected chi connectivity index (χ1v) is 18.0. The van der Waals surface area contributed by atoms with Gasteiger partial charge in [0.1, 0.15) is 28.7 Å². The molecule has 0 spiro atoms. The van der Waals surface area contributed by atoms with Gasteiger partial charge in [0.05, 0.1) is 0 Å². The second kappa shape index (κ2) is 12.1. The Morgan fingerprint density at radius 2 is 1.00 bits per heavy atom. The molecule has 0 aliphatic heterocycles. The summed E-state index contributed by atoms with van der Waals surface area (Å²) in [5.41, 5.74) is 11.4. The molecular formula is C49H29N3O2. The summed E-state index contributed by atoms with van der Waals surface area (Å²) in [5, 5.41) is 6.38. The molecular weight excluding hydrogens is 663 g/mol. The third kappa shape index (κ3) is 4.83. The van der Waals surface area contributed by atoms with Gasteiger partial charge in [0.2, 0.25) is 0 Å². The van der Waals surface area contributed by atoms with Gasteiger partial charge in [-0.25, -0.2) is 15.0 Å². The monoisotopic (exact) mass is 691 g/mol. The van der Waals surface area contributed by atoms with Crippen molar-refractivity contribution in [1.29, 1.82) is 0 Å². The van der Waals surface area contributed by atoms with Crippen LogP contribution in [0.5, 0.6) is 0 Å². The van der Waals surface area contributed by atoms with Crippen LogP contribution in [0.15, 0.2) is 185 Å². The summed E-state index contributed by atoms with van der Waals surface area (Å²) in [6.07, 6.45) is 1.60. The van der Waals surface area contributed by atoms with Gasteiger partial charge in [0.25, 0.3) is 0 Å². The normalized spacial score (nSPS) is 11.7. The van der Waals surface area contributed by atoms with E-state index in [9.17, 15) is 0 Å². The first kappa shape index (κ1) is 30.3. The maximum atomic E-state index is 6.91. The molecule has 54 heavy (non-hydrogen) atoms. The molecule has 5 heteroatoms. The summed E-state index contributed by atoms with van der Waals surface area (Å²) in [6.45, 7) is 0. The lowest BCUT2D eigenvalue weighted by Gasteiger charge is -2.11. The van der Waals surface area contributed by atoms with Crippen LogP contribution in [0.25, 0.3) is 111 Å². The molecule has 252 valence electrons. The molecule has 0 aliphatic rings. The largest absolute Gasteiger partial charge is 0.455 e. The summed E-state index contributed by atoms with van der Waals surface area (Å²) in [6, 6.07) is 58.8. The second-order valence-corrected chi connectivity index (χ2v) is 13.6. The van der Waals surface area contributed by atoms with E-state index in [1.54, 1.807) is 6.33 Å². The predicted octanol–water partition coefficient (Wildman–Crippen LogP) is 13.2. The van der Waals surface area contributed by atoms with Gasteiger partial charge in [-0.3, -0.25) is 0 Å². The van der Waals surface area contributed by atoms with E-state index >= 15 is 0 Å². The van der Waals surface area contributed by atoms with Crippen molar-refractivity contribution in [3.63, 3.8) is 0 Å². The summed E-state index contributed by atoms with van der Waals surface area (Å²) >= 11 is 0. The lowest BCUT2D eigenvalue weighted by atomic mass is 9.92. The molecule has 5 nitrogen and oxygen atoms in total. The first-order chi connectivity index (χ1) is 26.8. The predicted molar refractivity (Wildman–Crippen MR) is 219 cm³/mol. The fourth-order valence-corrected chi connectivity index (χ4v) is 7.88. The van der Waals surface area contributed by atoms with Gasteiger partial charge in [-0.2, -0.15) is 0 Å². The van der Waals surface area contributed by atoms with Gasteiger partial charge in [-0.1, -0.05) is 146 Å². The van der Waals surface area contributed by atoms with Gasteiger partial charge in [0, 0.05) is 43.8 Å². The van der Waals surface area contributed by atoms with Crippen molar-refractivity contribution in [1.82, 2.24) is 15.0 Å². The number of hydrogen-bond acceptors (Lipinski definition) is 5. The molecule has 0 radical (unpaired) electrons. The SMILES string of the molecule is c1ccc(-c2ccc(-c3ccc(-c4cccc5c4oc4ccccc45)c4c3oc3cccc(-c5ncnc(-c6ccc7ccccc7c6)n5)c34)cc2)cc1. The summed E-state index contributed by atoms with van der Waals surface area (Å²) < 4.78 is 13.5. The topological polar surface area (TPSA) is 65.0 Å². The van der Waals surface area contributed by atoms with Crippen LogP contribution in [0.1, 0.15) is 0 Å². The van der Waals surface area contributed by atoms with E-state index in [4.69, 9.17) is 18.8 Å². The minimum absolute atomic E-state index is 0.576. The Morgan fingerprint density at radius 3 is 1.91 bits per heavy atom. The van der Waals surface area contributed by atoms with Crippen LogP contribution in [0.4, 0.5) is 0 Å². The third-order valence-corrected chi connectivity index (χ3v) is 10.5. The van der Waals surface area contributed by atoms with Crippen LogP contribution >= 0.6 is 0 Å². The highest BCUT2D eigenvalue weighted by atomic mass is 16.3. The fourth-order valence-electron chi connectivity index (χ4n) is 7.88. The highest BCUT2D eigenvalue weighted by molar-refractivity contribution is 6.22. The molecule has 0 fully saturated rings. The number of rotatable bonds is 5. The van der Waals surface area contributed by atoms with Gasteiger partial charge in [0.15, 0.2) is 11.6 Å². The van der Waals surface area contributed by atoms with E-state index < -0.39 is 0 Å². The lowest BCUT2D eigenvalue weighted by molar-refractivity contribution is 0.669. The van der Waals surface area contributed by atoms with Crippen LogP contribution in [-0.2, 0) is 0 Å². The molecule has 0 bridgehead atoms. The number of hydrogen-bond donors (Lipinski definition) is 0. The van der Waals surface area contributed by atoms with Crippen LogP contribution in [0, 0.1) is 0 Å². The Bertz CT molecular complexity index is 3210. The quantitative estimate of drug-likeness (QED) is 0.180. The van der Waals surface area contributed by atoms with Gasteiger partial charge in [-0.15, -0.1) is 0 Å². The van der Waals surface area contributed by atoms with Crippen molar-refractivity contribution >= 4 is 54.6 Å². The number of fused-ring (bicyclic) bond motifs is 7. The van der Waals surface area contributed by atoms with Gasteiger partial charge < -0.3 is 8.83 Å². The van der Waals surface area contributed by atoms with Crippen molar-refractivity contribution < 1.29 is 8.83 Å². The van der Waals surface area contributed by atoms with E-state index in [0.717, 1.165) is 88.2 Å². The zero-order chi connectivity index (χ0) is 35.6. The van der Waals surface area contributed by atoms with Crippen molar-refractivity contribution in [2.45, 2.75) is 0 Å². The molecule has 0 saturated heterocycles. The minimum Gasteiger partial charge on any atom is -0.455 e. The van der Waals surface area contributed by atoms with Gasteiger partial charge in [-0.05, 0) is 57.3 Å². The van der Waals surface area contributed by atoms with E-state index in [1.807, 2.05) is 42.5 Å². The van der Waals surface area contributed by atoms with E-state index in [1.165, 1.54) is 10.9 Å². The zero-order valence-corrected chi connectivity index (χ0v) is 28.9. The Morgan fingerprint density at radius 1 is 0.352 bits per heavy atom. The number of aromatic nitrogens is 3. The average molecular weight is 692 g/mol. The molecule has 0 unspecified atom stereocenters. The Labute approximate surface area is 309 Å². The smallest absolute Gasteiger partial charge is 0.164 e. The lowest BCUT2D eigenvalue weighted by Crippen LogP contribution is -1.96. The number of nitrogens with zero attached hydrogens (tertiary/aromatic N) is 3. The fraction of sp³-hybridized carbons (Fsp3) is 0. The average Bonchev–Trinajstić information content (AvgIpc) is 3.83. The number of para-hydroxylation sites is 2. The van der Waals surface area contributed by atoms with E-state index in [-0.39, 0.29) is 0 Å². The maximum Gasteiger partial charge on any atom is 0.164 e. The molecule has 3 heterocycles. The van der Waals surface area contributed by atoms with Crippen molar-refractivity contribution in [2.24, 2.45) is 0 Å². The molecule has 0 atom stereocenters. The van der Waals surface area contributed by atoms with Crippen molar-refractivity contribution in [3.8, 4) is 56.2 Å². The molecule has 11 rings (SSSR count). The second-order valence-electron chi connectivity index (χ2n) is 13.6. The van der Waals surface area contributed by atoms with E-state index in [2.05, 4.69) is 132 Å². The summed E-state index contributed by atoms with van der Waals surface area (Å²) in [5.74, 6) is 1.19. The van der Waals surface area contributed by atoms with Crippen molar-refractivity contribution in [2.75, 3.05) is 0 Å². The summed E-state index contributed by atoms with van der Waals surface area (Å²) in [7, 11) is 0. The standard InChI is InChI=1S/C49H29N3O2/c1-2-10-30(11-3-1)32-20-23-33(24-21-32)36-26-27-38(40-16-8-15-39-37-14-6-7-18-42(37)53-46(39)40)45-44-41(17-9-19-43(44)54-47(36)45)49-51-29-50-48(52-49)35-25-22-31-12-4-5-13-34(31)28-35/h1-29H. The molecule has 8 aromatic carbocycles. The highest BCUT2D eigenvalue weighted by Crippen LogP contribution is 2.47. The Hall–Kier alpha value is -7.37. The van der Waals surface area contributed by atoms with E-state index in [0.29, 0.717) is 11.6 Å². The maximum absolute atomic E-state index is 6.91. The molecule has 3 aromatic heterocycles. The molecule has 0 amide bonds. The van der Waals surface area contributed by atoms with Crippen LogP contribution < -0.4 is 0 Å². The molecule has 11 aromatic rings. The Balaban J connectivity index is 1.16. The summed E-state index contributed by atoms with van der Waals surface area (Å²) in [4.78, 5) is 14.4. The zero-order valence-electron chi connectivity index (χ0n) is 28.9. The Kier molecular flexibility index (Phi) is 6.79. The van der Waals surface area contributed by atoms with Crippen LogP contribution in [0.3, 0.4) is 0 Å². The molecule has 0 saturated carbocycles. The molecule has 0 N–H and O–H groups in total. The van der Waals surface area contributed by atoms with Crippen molar-refractivity contribution in [3.05, 3.63) is 176 Å². The highest BCUT2D eigenvalue weighted by Gasteiger charge is 2.23. The van der Waals surface area contributed by atoms with Crippen LogP contribution in [-0.4, -0.2) is 15.0 Å². The molecule has 0 aliphatic carbocycles. The van der Waals surface area contributed by atoms with Gasteiger partial charge >= 0.3 is 0 Å². The van der Waals surface area contributed by atoms with Crippen LogP contribution in [0.2, 0.25) is 0 Å². The first-order valence-electron chi connectivity index (χ1n) is 18.0. The number of furan rings is 2. The minimum atomic E-state index is 0.576.